The van der Waals surface area contributed by atoms with Gasteiger partial charge in [0.15, 0.2) is 6.10 Å². The van der Waals surface area contributed by atoms with Crippen LogP contribution in [-0.2, 0) is 25.9 Å². The predicted molar refractivity (Wildman–Crippen MR) is 89.8 cm³/mol. The normalized spacial score (nSPS) is 27.4. The Balaban J connectivity index is 1.27. The molecule has 2 saturated heterocycles. The molecule has 0 bridgehead atoms. The number of phenolic OH excluding ortho intramolecular Hbond substituents is 2. The smallest absolute Gasteiger partial charge is 0.151 e. The highest BCUT2D eigenvalue weighted by atomic mass is 17.2. The van der Waals surface area contributed by atoms with Crippen molar-refractivity contribution in [2.45, 2.75) is 31.0 Å². The van der Waals surface area contributed by atoms with Crippen LogP contribution in [0, 0.1) is 0 Å². The van der Waals surface area contributed by atoms with Crippen molar-refractivity contribution in [3.63, 3.8) is 0 Å². The lowest BCUT2D eigenvalue weighted by molar-refractivity contribution is -0.341. The number of fused-ring (bicyclic) bond motifs is 1. The van der Waals surface area contributed by atoms with Crippen LogP contribution in [0.2, 0.25) is 0 Å². The van der Waals surface area contributed by atoms with E-state index in [1.165, 1.54) is 0 Å². The lowest BCUT2D eigenvalue weighted by Crippen LogP contribution is -2.35. The second-order valence-electron chi connectivity index (χ2n) is 6.31. The summed E-state index contributed by atoms with van der Waals surface area (Å²) in [7, 11) is 0. The highest BCUT2D eigenvalue weighted by Gasteiger charge is 2.50. The molecule has 7 heteroatoms. The third-order valence-electron chi connectivity index (χ3n) is 4.44. The highest BCUT2D eigenvalue weighted by Crippen LogP contribution is 2.32. The largest absolute Gasteiger partial charge is 0.508 e. The zero-order valence-corrected chi connectivity index (χ0v) is 14.0. The minimum Gasteiger partial charge on any atom is -0.508 e. The summed E-state index contributed by atoms with van der Waals surface area (Å²) in [5.74, 6) is 1.04. The zero-order chi connectivity index (χ0) is 17.9. The van der Waals surface area contributed by atoms with Gasteiger partial charge in [-0.2, -0.15) is 0 Å². The summed E-state index contributed by atoms with van der Waals surface area (Å²) in [6.07, 6.45) is -1.05. The van der Waals surface area contributed by atoms with Crippen molar-refractivity contribution in [1.29, 1.82) is 0 Å². The molecule has 0 aromatic heterocycles. The summed E-state index contributed by atoms with van der Waals surface area (Å²) >= 11 is 0. The van der Waals surface area contributed by atoms with E-state index in [9.17, 15) is 10.2 Å². The molecule has 2 N–H and O–H groups in total. The number of hydrogen-bond acceptors (Lipinski definition) is 7. The van der Waals surface area contributed by atoms with Crippen molar-refractivity contribution in [3.05, 3.63) is 54.1 Å². The Morgan fingerprint density at radius 1 is 0.808 bits per heavy atom. The van der Waals surface area contributed by atoms with Gasteiger partial charge in [-0.25, -0.2) is 9.78 Å². The molecule has 0 spiro atoms. The van der Waals surface area contributed by atoms with Gasteiger partial charge in [-0.3, -0.25) is 0 Å². The number of ether oxygens (including phenoxy) is 3. The summed E-state index contributed by atoms with van der Waals surface area (Å²) in [5, 5.41) is 18.6. The van der Waals surface area contributed by atoms with Gasteiger partial charge in [-0.05, 0) is 42.0 Å². The SMILES string of the molecule is Oc1ccc(COOC2COC3C(Oc4ccc(O)cc4)COC23)cc1. The van der Waals surface area contributed by atoms with Crippen molar-refractivity contribution < 1.29 is 34.2 Å². The Morgan fingerprint density at radius 2 is 1.38 bits per heavy atom. The van der Waals surface area contributed by atoms with Gasteiger partial charge in [0, 0.05) is 0 Å². The van der Waals surface area contributed by atoms with Gasteiger partial charge in [0.1, 0.15) is 42.2 Å². The van der Waals surface area contributed by atoms with Gasteiger partial charge in [-0.15, -0.1) is 0 Å². The molecule has 7 nitrogen and oxygen atoms in total. The van der Waals surface area contributed by atoms with Gasteiger partial charge < -0.3 is 24.4 Å². The lowest BCUT2D eigenvalue weighted by atomic mass is 10.1. The van der Waals surface area contributed by atoms with Crippen LogP contribution >= 0.6 is 0 Å². The first-order chi connectivity index (χ1) is 12.7. The molecule has 2 aromatic carbocycles. The van der Waals surface area contributed by atoms with E-state index in [4.69, 9.17) is 24.0 Å². The quantitative estimate of drug-likeness (QED) is 0.603. The number of rotatable bonds is 6. The van der Waals surface area contributed by atoms with Gasteiger partial charge in [-0.1, -0.05) is 12.1 Å². The van der Waals surface area contributed by atoms with Crippen molar-refractivity contribution in [2.24, 2.45) is 0 Å². The number of aromatic hydroxyl groups is 2. The molecule has 0 aliphatic carbocycles. The average Bonchev–Trinajstić information content (AvgIpc) is 3.22. The van der Waals surface area contributed by atoms with Crippen molar-refractivity contribution in [2.75, 3.05) is 13.2 Å². The molecule has 2 aliphatic heterocycles. The Bertz CT molecular complexity index is 716. The van der Waals surface area contributed by atoms with Gasteiger partial charge >= 0.3 is 0 Å². The maximum atomic E-state index is 9.33. The van der Waals surface area contributed by atoms with Gasteiger partial charge in [0.05, 0.1) is 13.2 Å². The molecule has 138 valence electrons. The number of benzene rings is 2. The van der Waals surface area contributed by atoms with Crippen LogP contribution in [0.5, 0.6) is 17.2 Å². The van der Waals surface area contributed by atoms with E-state index in [0.717, 1.165) is 5.56 Å². The Hall–Kier alpha value is -2.32. The van der Waals surface area contributed by atoms with Gasteiger partial charge in [0.2, 0.25) is 0 Å². The average molecular weight is 360 g/mol. The Kier molecular flexibility index (Phi) is 4.94. The molecule has 2 fully saturated rings. The lowest BCUT2D eigenvalue weighted by Gasteiger charge is -2.18. The van der Waals surface area contributed by atoms with Crippen molar-refractivity contribution in [3.8, 4) is 17.2 Å². The number of phenols is 2. The molecule has 4 rings (SSSR count). The molecule has 0 amide bonds. The molecular weight excluding hydrogens is 340 g/mol. The van der Waals surface area contributed by atoms with E-state index >= 15 is 0 Å². The van der Waals surface area contributed by atoms with E-state index < -0.39 is 0 Å². The second-order valence-corrected chi connectivity index (χ2v) is 6.31. The summed E-state index contributed by atoms with van der Waals surface area (Å²) in [6.45, 7) is 1.02. The second kappa shape index (κ2) is 7.51. The van der Waals surface area contributed by atoms with E-state index in [1.807, 2.05) is 0 Å². The fourth-order valence-electron chi connectivity index (χ4n) is 3.09. The standard InChI is InChI=1S/C19H20O7/c20-13-3-1-12(2-4-13)9-24-26-17-11-23-18-16(10-22-19(17)18)25-15-7-5-14(21)6-8-15/h1-8,16-21H,9-11H2. The van der Waals surface area contributed by atoms with Crippen LogP contribution in [-0.4, -0.2) is 47.8 Å². The van der Waals surface area contributed by atoms with E-state index in [2.05, 4.69) is 0 Å². The van der Waals surface area contributed by atoms with Crippen LogP contribution < -0.4 is 4.74 Å². The predicted octanol–water partition coefficient (Wildman–Crippen LogP) is 2.16. The zero-order valence-electron chi connectivity index (χ0n) is 14.0. The van der Waals surface area contributed by atoms with Crippen LogP contribution in [0.15, 0.2) is 48.5 Å². The fraction of sp³-hybridized carbons (Fsp3) is 0.368. The van der Waals surface area contributed by atoms with E-state index in [0.29, 0.717) is 19.0 Å². The summed E-state index contributed by atoms with van der Waals surface area (Å²) in [6, 6.07) is 13.3. The van der Waals surface area contributed by atoms with Crippen LogP contribution in [0.1, 0.15) is 5.56 Å². The Morgan fingerprint density at radius 3 is 2.08 bits per heavy atom. The Labute approximate surface area is 150 Å². The van der Waals surface area contributed by atoms with E-state index in [-0.39, 0.29) is 42.5 Å². The topological polar surface area (TPSA) is 86.6 Å². The third-order valence-corrected chi connectivity index (χ3v) is 4.44. The third kappa shape index (κ3) is 3.76. The fourth-order valence-corrected chi connectivity index (χ4v) is 3.09. The van der Waals surface area contributed by atoms with E-state index in [1.54, 1.807) is 48.5 Å². The first kappa shape index (κ1) is 17.1. The number of hydrogen-bond donors (Lipinski definition) is 2. The molecule has 2 aromatic rings. The molecule has 2 aliphatic rings. The summed E-state index contributed by atoms with van der Waals surface area (Å²) < 4.78 is 17.5. The highest BCUT2D eigenvalue weighted by molar-refractivity contribution is 5.30. The molecule has 0 saturated carbocycles. The maximum Gasteiger partial charge on any atom is 0.151 e. The maximum absolute atomic E-state index is 9.33. The minimum atomic E-state index is -0.328. The monoisotopic (exact) mass is 360 g/mol. The van der Waals surface area contributed by atoms with Gasteiger partial charge in [0.25, 0.3) is 0 Å². The van der Waals surface area contributed by atoms with Crippen molar-refractivity contribution >= 4 is 0 Å². The molecular formula is C19H20O7. The summed E-state index contributed by atoms with van der Waals surface area (Å²) in [4.78, 5) is 10.8. The molecule has 2 heterocycles. The van der Waals surface area contributed by atoms with Crippen LogP contribution in [0.3, 0.4) is 0 Å². The van der Waals surface area contributed by atoms with Crippen LogP contribution in [0.4, 0.5) is 0 Å². The minimum absolute atomic E-state index is 0.189. The molecule has 0 radical (unpaired) electrons. The first-order valence-corrected chi connectivity index (χ1v) is 8.44. The molecule has 26 heavy (non-hydrogen) atoms. The van der Waals surface area contributed by atoms with Crippen LogP contribution in [0.25, 0.3) is 0 Å². The molecule has 4 unspecified atom stereocenters. The first-order valence-electron chi connectivity index (χ1n) is 8.44. The molecule has 4 atom stereocenters. The summed E-state index contributed by atoms with van der Waals surface area (Å²) in [5.41, 5.74) is 0.888. The van der Waals surface area contributed by atoms with Crippen molar-refractivity contribution in [1.82, 2.24) is 0 Å².